The van der Waals surface area contributed by atoms with Gasteiger partial charge in [-0.3, -0.25) is 4.79 Å². The molecular formula is C14H27O3S+. The molecule has 0 saturated carbocycles. The van der Waals surface area contributed by atoms with Crippen LogP contribution in [0.25, 0.3) is 0 Å². The first-order valence-corrected chi connectivity index (χ1v) is 8.33. The molecule has 0 aliphatic rings. The Labute approximate surface area is 114 Å². The molecule has 0 heterocycles. The maximum atomic E-state index is 11.5. The van der Waals surface area contributed by atoms with Crippen molar-refractivity contribution in [2.24, 2.45) is 0 Å². The second-order valence-corrected chi connectivity index (χ2v) is 7.04. The molecule has 0 N–H and O–H groups in total. The molecule has 3 nitrogen and oxygen atoms in total. The molecule has 0 spiro atoms. The van der Waals surface area contributed by atoms with Gasteiger partial charge in [0, 0.05) is 13.5 Å². The highest BCUT2D eigenvalue weighted by molar-refractivity contribution is 7.96. The summed E-state index contributed by atoms with van der Waals surface area (Å²) >= 11 is 0. The van der Waals surface area contributed by atoms with E-state index in [0.29, 0.717) is 13.0 Å². The predicted molar refractivity (Wildman–Crippen MR) is 79.1 cm³/mol. The largest absolute Gasteiger partial charge is 0.465 e. The molecule has 0 aromatic heterocycles. The highest BCUT2D eigenvalue weighted by atomic mass is 32.2. The van der Waals surface area contributed by atoms with E-state index in [1.54, 1.807) is 7.11 Å². The average Bonchev–Trinajstić information content (AvgIpc) is 2.33. The number of ether oxygens (including phenoxy) is 2. The summed E-state index contributed by atoms with van der Waals surface area (Å²) in [6, 6.07) is 0. The number of hydrogen-bond donors (Lipinski definition) is 0. The van der Waals surface area contributed by atoms with Crippen molar-refractivity contribution in [3.63, 3.8) is 0 Å². The monoisotopic (exact) mass is 275 g/mol. The third-order valence-electron chi connectivity index (χ3n) is 2.62. The molecule has 0 amide bonds. The van der Waals surface area contributed by atoms with Gasteiger partial charge >= 0.3 is 5.97 Å². The standard InChI is InChI=1S/C14H27O3S/c1-12(2)7-10-18(5)11-8-14(15)17-9-6-13(3)16-4/h7,13H,6,8-11H2,1-5H3/q+1. The van der Waals surface area contributed by atoms with Crippen molar-refractivity contribution in [3.8, 4) is 0 Å². The van der Waals surface area contributed by atoms with Gasteiger partial charge in [-0.15, -0.1) is 0 Å². The Morgan fingerprint density at radius 1 is 1.39 bits per heavy atom. The topological polar surface area (TPSA) is 35.5 Å². The van der Waals surface area contributed by atoms with E-state index in [1.165, 1.54) is 5.57 Å². The van der Waals surface area contributed by atoms with Gasteiger partial charge in [0.15, 0.2) is 0 Å². The molecule has 0 aliphatic heterocycles. The fourth-order valence-corrected chi connectivity index (χ4v) is 2.48. The Morgan fingerprint density at radius 3 is 2.61 bits per heavy atom. The van der Waals surface area contributed by atoms with Crippen LogP contribution in [0, 0.1) is 0 Å². The SMILES string of the molecule is COC(C)CCOC(=O)CC[S+](C)CC=C(C)C. The molecule has 0 aromatic rings. The summed E-state index contributed by atoms with van der Waals surface area (Å²) in [5, 5.41) is 0. The number of hydrogen-bond acceptors (Lipinski definition) is 3. The van der Waals surface area contributed by atoms with Crippen LogP contribution >= 0.6 is 0 Å². The number of rotatable bonds is 9. The highest BCUT2D eigenvalue weighted by Crippen LogP contribution is 2.01. The zero-order valence-corrected chi connectivity index (χ0v) is 13.1. The van der Waals surface area contributed by atoms with Crippen molar-refractivity contribution >= 4 is 16.9 Å². The van der Waals surface area contributed by atoms with Crippen LogP contribution in [0.1, 0.15) is 33.6 Å². The van der Waals surface area contributed by atoms with Crippen LogP contribution in [0.4, 0.5) is 0 Å². The molecule has 0 radical (unpaired) electrons. The molecule has 0 bridgehead atoms. The van der Waals surface area contributed by atoms with E-state index in [2.05, 4.69) is 26.2 Å². The van der Waals surface area contributed by atoms with Gasteiger partial charge in [0.1, 0.15) is 11.5 Å². The van der Waals surface area contributed by atoms with Gasteiger partial charge in [-0.05, 0) is 37.7 Å². The van der Waals surface area contributed by atoms with E-state index in [1.807, 2.05) is 6.92 Å². The fourth-order valence-electron chi connectivity index (χ4n) is 1.18. The van der Waals surface area contributed by atoms with Gasteiger partial charge in [0.2, 0.25) is 0 Å². The van der Waals surface area contributed by atoms with Crippen molar-refractivity contribution in [1.82, 2.24) is 0 Å². The lowest BCUT2D eigenvalue weighted by Crippen LogP contribution is -2.16. The van der Waals surface area contributed by atoms with Crippen LogP contribution in [0.3, 0.4) is 0 Å². The van der Waals surface area contributed by atoms with Crippen molar-refractivity contribution in [2.45, 2.75) is 39.7 Å². The quantitative estimate of drug-likeness (QED) is 0.368. The lowest BCUT2D eigenvalue weighted by atomic mass is 10.3. The second-order valence-electron chi connectivity index (χ2n) is 4.74. The molecule has 2 unspecified atom stereocenters. The van der Waals surface area contributed by atoms with Gasteiger partial charge in [0.25, 0.3) is 0 Å². The molecule has 4 heteroatoms. The highest BCUT2D eigenvalue weighted by Gasteiger charge is 2.13. The van der Waals surface area contributed by atoms with E-state index in [0.717, 1.165) is 17.9 Å². The van der Waals surface area contributed by atoms with E-state index >= 15 is 0 Å². The molecule has 0 saturated heterocycles. The van der Waals surface area contributed by atoms with Gasteiger partial charge in [-0.2, -0.15) is 0 Å². The molecule has 2 atom stereocenters. The maximum absolute atomic E-state index is 11.5. The lowest BCUT2D eigenvalue weighted by Gasteiger charge is -2.09. The van der Waals surface area contributed by atoms with Crippen molar-refractivity contribution in [1.29, 1.82) is 0 Å². The Hall–Kier alpha value is -0.480. The van der Waals surface area contributed by atoms with Crippen LogP contribution in [-0.2, 0) is 25.2 Å². The number of carbonyl (C=O) groups excluding carboxylic acids is 1. The second kappa shape index (κ2) is 10.4. The minimum absolute atomic E-state index is 0.0881. The average molecular weight is 275 g/mol. The summed E-state index contributed by atoms with van der Waals surface area (Å²) < 4.78 is 10.2. The van der Waals surface area contributed by atoms with Gasteiger partial charge in [-0.1, -0.05) is 5.57 Å². The molecular weight excluding hydrogens is 248 g/mol. The van der Waals surface area contributed by atoms with Gasteiger partial charge in [0.05, 0.1) is 25.4 Å². The fraction of sp³-hybridized carbons (Fsp3) is 0.786. The third-order valence-corrected chi connectivity index (χ3v) is 4.26. The van der Waals surface area contributed by atoms with E-state index < -0.39 is 0 Å². The van der Waals surface area contributed by atoms with Crippen molar-refractivity contribution < 1.29 is 14.3 Å². The Bertz CT molecular complexity index is 260. The molecule has 106 valence electrons. The van der Waals surface area contributed by atoms with Crippen molar-refractivity contribution in [3.05, 3.63) is 11.6 Å². The summed E-state index contributed by atoms with van der Waals surface area (Å²) in [5.41, 5.74) is 1.34. The van der Waals surface area contributed by atoms with Crippen LogP contribution in [0.15, 0.2) is 11.6 Å². The molecule has 0 aliphatic carbocycles. The number of allylic oxidation sites excluding steroid dienone is 1. The first-order chi connectivity index (χ1) is 8.45. The van der Waals surface area contributed by atoms with Gasteiger partial charge < -0.3 is 9.47 Å². The summed E-state index contributed by atoms with van der Waals surface area (Å²) in [5.74, 6) is 1.90. The van der Waals surface area contributed by atoms with Crippen LogP contribution in [0.2, 0.25) is 0 Å². The summed E-state index contributed by atoms with van der Waals surface area (Å²) in [7, 11) is 1.94. The third kappa shape index (κ3) is 10.7. The number of methoxy groups -OCH3 is 1. The Kier molecular flexibility index (Phi) is 10.2. The summed E-state index contributed by atoms with van der Waals surface area (Å²) in [6.45, 7) is 6.63. The zero-order chi connectivity index (χ0) is 14.0. The van der Waals surface area contributed by atoms with Crippen molar-refractivity contribution in [2.75, 3.05) is 31.5 Å². The van der Waals surface area contributed by atoms with Crippen LogP contribution in [-0.4, -0.2) is 43.6 Å². The van der Waals surface area contributed by atoms with E-state index in [9.17, 15) is 4.79 Å². The Morgan fingerprint density at radius 2 is 2.06 bits per heavy atom. The minimum atomic E-state index is -0.0881. The zero-order valence-electron chi connectivity index (χ0n) is 12.3. The molecule has 0 aromatic carbocycles. The van der Waals surface area contributed by atoms with Crippen LogP contribution < -0.4 is 0 Å². The van der Waals surface area contributed by atoms with Gasteiger partial charge in [-0.25, -0.2) is 0 Å². The van der Waals surface area contributed by atoms with Crippen LogP contribution in [0.5, 0.6) is 0 Å². The normalized spacial score (nSPS) is 13.8. The number of carbonyl (C=O) groups is 1. The first kappa shape index (κ1) is 17.5. The molecule has 0 rings (SSSR count). The predicted octanol–water partition coefficient (Wildman–Crippen LogP) is 2.56. The van der Waals surface area contributed by atoms with E-state index in [4.69, 9.17) is 9.47 Å². The van der Waals surface area contributed by atoms with E-state index in [-0.39, 0.29) is 23.0 Å². The minimum Gasteiger partial charge on any atom is -0.465 e. The maximum Gasteiger partial charge on any atom is 0.310 e. The summed E-state index contributed by atoms with van der Waals surface area (Å²) in [6.07, 6.45) is 5.86. The lowest BCUT2D eigenvalue weighted by molar-refractivity contribution is -0.143. The number of esters is 1. The Balaban J connectivity index is 3.61. The summed E-state index contributed by atoms with van der Waals surface area (Å²) in [4.78, 5) is 11.5. The molecule has 0 fully saturated rings. The molecule has 18 heavy (non-hydrogen) atoms. The smallest absolute Gasteiger partial charge is 0.310 e. The first-order valence-electron chi connectivity index (χ1n) is 6.36.